The molecule has 1 amide bonds. The predicted molar refractivity (Wildman–Crippen MR) is 112 cm³/mol. The van der Waals surface area contributed by atoms with E-state index in [0.717, 1.165) is 40.8 Å². The Balaban J connectivity index is 1.49. The van der Waals surface area contributed by atoms with E-state index >= 15 is 0 Å². The molecule has 5 heteroatoms. The average molecular weight is 370 g/mol. The van der Waals surface area contributed by atoms with Gasteiger partial charge in [-0.25, -0.2) is 0 Å². The highest BCUT2D eigenvalue weighted by Gasteiger charge is 2.20. The topological polar surface area (TPSA) is 64.8 Å². The van der Waals surface area contributed by atoms with Crippen molar-refractivity contribution in [3.63, 3.8) is 0 Å². The molecule has 1 aliphatic carbocycles. The first-order valence-corrected chi connectivity index (χ1v) is 9.73. The Hall–Kier alpha value is -3.34. The van der Waals surface area contributed by atoms with Crippen LogP contribution in [0.1, 0.15) is 34.5 Å². The Bertz CT molecular complexity index is 1160. The Labute approximate surface area is 163 Å². The minimum Gasteiger partial charge on any atom is -0.353 e. The van der Waals surface area contributed by atoms with E-state index in [1.807, 2.05) is 49.5 Å². The van der Waals surface area contributed by atoms with E-state index in [-0.39, 0.29) is 5.91 Å². The lowest BCUT2D eigenvalue weighted by atomic mass is 9.95. The number of aryl methyl sites for hydroxylation is 1. The second kappa shape index (κ2) is 6.68. The first-order chi connectivity index (χ1) is 13.7. The Kier molecular flexibility index (Phi) is 4.01. The van der Waals surface area contributed by atoms with Crippen LogP contribution in [-0.4, -0.2) is 28.1 Å². The smallest absolute Gasteiger partial charge is 0.258 e. The molecule has 5 nitrogen and oxygen atoms in total. The summed E-state index contributed by atoms with van der Waals surface area (Å²) in [6.45, 7) is 0. The molecule has 0 radical (unpaired) electrons. The molecule has 0 atom stereocenters. The first-order valence-electron chi connectivity index (χ1n) is 9.73. The number of hydrogen-bond acceptors (Lipinski definition) is 2. The number of aromatic amines is 2. The van der Waals surface area contributed by atoms with Crippen molar-refractivity contribution in [3.8, 4) is 11.4 Å². The maximum atomic E-state index is 12.7. The van der Waals surface area contributed by atoms with Crippen molar-refractivity contribution in [3.05, 3.63) is 71.4 Å². The number of H-pyrrole nitrogens is 2. The summed E-state index contributed by atoms with van der Waals surface area (Å²) in [5, 5.41) is 8.89. The quantitative estimate of drug-likeness (QED) is 0.548. The van der Waals surface area contributed by atoms with Gasteiger partial charge in [-0.15, -0.1) is 0 Å². The van der Waals surface area contributed by atoms with Crippen LogP contribution in [0.2, 0.25) is 0 Å². The van der Waals surface area contributed by atoms with Gasteiger partial charge in [-0.3, -0.25) is 9.89 Å². The Morgan fingerprint density at radius 1 is 1.04 bits per heavy atom. The molecule has 2 aromatic heterocycles. The number of hydrogen-bond donors (Lipinski definition) is 2. The Morgan fingerprint density at radius 2 is 1.86 bits per heavy atom. The number of aromatic nitrogens is 3. The van der Waals surface area contributed by atoms with Crippen LogP contribution in [0.5, 0.6) is 0 Å². The summed E-state index contributed by atoms with van der Waals surface area (Å²) < 4.78 is 0. The number of benzene rings is 2. The Morgan fingerprint density at radius 3 is 2.71 bits per heavy atom. The minimum atomic E-state index is -0.0203. The van der Waals surface area contributed by atoms with Gasteiger partial charge < -0.3 is 9.88 Å². The predicted octanol–water partition coefficient (Wildman–Crippen LogP) is 4.71. The number of fused-ring (bicyclic) bond motifs is 2. The largest absolute Gasteiger partial charge is 0.353 e. The minimum absolute atomic E-state index is 0.0203. The summed E-state index contributed by atoms with van der Waals surface area (Å²) >= 11 is 0. The number of nitrogens with zero attached hydrogens (tertiary/aromatic N) is 2. The molecule has 0 unspecified atom stereocenters. The van der Waals surface area contributed by atoms with Crippen molar-refractivity contribution in [2.45, 2.75) is 25.7 Å². The van der Waals surface area contributed by atoms with Gasteiger partial charge >= 0.3 is 0 Å². The SMILES string of the molecule is CN(C(=O)c1ccccc1)c1ccc2cc(-c3n[nH]c4c3CCCC4)[nH]c2c1. The lowest BCUT2D eigenvalue weighted by molar-refractivity contribution is 0.0993. The van der Waals surface area contributed by atoms with Gasteiger partial charge in [0.15, 0.2) is 0 Å². The maximum Gasteiger partial charge on any atom is 0.258 e. The van der Waals surface area contributed by atoms with Crippen molar-refractivity contribution >= 4 is 22.5 Å². The van der Waals surface area contributed by atoms with E-state index in [9.17, 15) is 4.79 Å². The number of carbonyl (C=O) groups excluding carboxylic acids is 1. The number of carbonyl (C=O) groups is 1. The van der Waals surface area contributed by atoms with Gasteiger partial charge in [-0.05, 0) is 56.0 Å². The van der Waals surface area contributed by atoms with E-state index < -0.39 is 0 Å². The van der Waals surface area contributed by atoms with Gasteiger partial charge in [0.25, 0.3) is 5.91 Å². The molecule has 0 saturated heterocycles. The lowest BCUT2D eigenvalue weighted by Gasteiger charge is -2.17. The highest BCUT2D eigenvalue weighted by Crippen LogP contribution is 2.32. The molecule has 4 aromatic rings. The fraction of sp³-hybridized carbons (Fsp3) is 0.217. The molecule has 2 aromatic carbocycles. The highest BCUT2D eigenvalue weighted by atomic mass is 16.2. The third-order valence-electron chi connectivity index (χ3n) is 5.63. The molecule has 0 fully saturated rings. The molecular weight excluding hydrogens is 348 g/mol. The summed E-state index contributed by atoms with van der Waals surface area (Å²) in [6.07, 6.45) is 4.61. The molecule has 0 aliphatic heterocycles. The van der Waals surface area contributed by atoms with E-state index in [1.165, 1.54) is 24.1 Å². The van der Waals surface area contributed by atoms with Crippen molar-refractivity contribution in [1.82, 2.24) is 15.2 Å². The zero-order chi connectivity index (χ0) is 19.1. The summed E-state index contributed by atoms with van der Waals surface area (Å²) in [7, 11) is 1.81. The van der Waals surface area contributed by atoms with Gasteiger partial charge in [-0.1, -0.05) is 24.3 Å². The third-order valence-corrected chi connectivity index (χ3v) is 5.63. The van der Waals surface area contributed by atoms with E-state index in [4.69, 9.17) is 0 Å². The fourth-order valence-electron chi connectivity index (χ4n) is 4.05. The molecule has 2 N–H and O–H groups in total. The summed E-state index contributed by atoms with van der Waals surface area (Å²) in [5.74, 6) is -0.0203. The fourth-order valence-corrected chi connectivity index (χ4v) is 4.05. The van der Waals surface area contributed by atoms with E-state index in [2.05, 4.69) is 27.3 Å². The monoisotopic (exact) mass is 370 g/mol. The molecule has 28 heavy (non-hydrogen) atoms. The number of amides is 1. The highest BCUT2D eigenvalue weighted by molar-refractivity contribution is 6.06. The molecule has 0 saturated carbocycles. The van der Waals surface area contributed by atoms with Gasteiger partial charge in [-0.2, -0.15) is 5.10 Å². The zero-order valence-electron chi connectivity index (χ0n) is 15.8. The van der Waals surface area contributed by atoms with Crippen LogP contribution in [0, 0.1) is 0 Å². The van der Waals surface area contributed by atoms with Crippen LogP contribution in [0.15, 0.2) is 54.6 Å². The van der Waals surface area contributed by atoms with Crippen molar-refractivity contribution in [1.29, 1.82) is 0 Å². The van der Waals surface area contributed by atoms with Crippen LogP contribution in [-0.2, 0) is 12.8 Å². The molecule has 5 rings (SSSR count). The normalized spacial score (nSPS) is 13.5. The zero-order valence-corrected chi connectivity index (χ0v) is 15.8. The van der Waals surface area contributed by atoms with Gasteiger partial charge in [0, 0.05) is 40.5 Å². The van der Waals surface area contributed by atoms with Crippen LogP contribution < -0.4 is 4.90 Å². The van der Waals surface area contributed by atoms with Gasteiger partial charge in [0.2, 0.25) is 0 Å². The van der Waals surface area contributed by atoms with Crippen LogP contribution in [0.3, 0.4) is 0 Å². The van der Waals surface area contributed by atoms with Gasteiger partial charge in [0.1, 0.15) is 5.69 Å². The molecule has 1 aliphatic rings. The lowest BCUT2D eigenvalue weighted by Crippen LogP contribution is -2.26. The van der Waals surface area contributed by atoms with Crippen LogP contribution >= 0.6 is 0 Å². The number of anilines is 1. The third kappa shape index (κ3) is 2.80. The summed E-state index contributed by atoms with van der Waals surface area (Å²) in [4.78, 5) is 17.9. The molecule has 0 spiro atoms. The second-order valence-electron chi connectivity index (χ2n) is 7.42. The molecule has 0 bridgehead atoms. The number of nitrogens with one attached hydrogen (secondary N) is 2. The van der Waals surface area contributed by atoms with Crippen molar-refractivity contribution < 1.29 is 4.79 Å². The van der Waals surface area contributed by atoms with Crippen molar-refractivity contribution in [2.24, 2.45) is 0 Å². The average Bonchev–Trinajstić information content (AvgIpc) is 3.36. The molecular formula is C23H22N4O. The molecule has 2 heterocycles. The van der Waals surface area contributed by atoms with E-state index in [0.29, 0.717) is 5.56 Å². The summed E-state index contributed by atoms with van der Waals surface area (Å²) in [6, 6.07) is 17.6. The van der Waals surface area contributed by atoms with Gasteiger partial charge in [0.05, 0.1) is 5.69 Å². The van der Waals surface area contributed by atoms with Crippen molar-refractivity contribution in [2.75, 3.05) is 11.9 Å². The standard InChI is InChI=1S/C23H22N4O/c1-27(23(28)15-7-3-2-4-8-15)17-12-11-16-13-21(24-20(16)14-17)22-18-9-5-6-10-19(18)25-26-22/h2-4,7-8,11-14,24H,5-6,9-10H2,1H3,(H,25,26). The number of rotatable bonds is 3. The van der Waals surface area contributed by atoms with E-state index in [1.54, 1.807) is 4.90 Å². The van der Waals surface area contributed by atoms with Crippen LogP contribution in [0.4, 0.5) is 5.69 Å². The summed E-state index contributed by atoms with van der Waals surface area (Å²) in [5.41, 5.74) is 7.22. The van der Waals surface area contributed by atoms with Crippen LogP contribution in [0.25, 0.3) is 22.3 Å². The second-order valence-corrected chi connectivity index (χ2v) is 7.42. The first kappa shape index (κ1) is 16.8. The maximum absolute atomic E-state index is 12.7. The molecule has 140 valence electrons.